The van der Waals surface area contributed by atoms with Crippen LogP contribution in [0.2, 0.25) is 0 Å². The molecule has 3 atom stereocenters. The minimum absolute atomic E-state index is 0.205. The molecule has 1 aromatic rings. The Kier molecular flexibility index (Phi) is 5.68. The van der Waals surface area contributed by atoms with Gasteiger partial charge >= 0.3 is 0 Å². The lowest BCUT2D eigenvalue weighted by molar-refractivity contribution is -0.121. The van der Waals surface area contributed by atoms with Crippen LogP contribution in [-0.2, 0) is 16.0 Å². The second-order valence-corrected chi connectivity index (χ2v) is 6.94. The summed E-state index contributed by atoms with van der Waals surface area (Å²) in [4.78, 5) is 14.6. The van der Waals surface area contributed by atoms with Gasteiger partial charge in [0.2, 0.25) is 5.91 Å². The number of ether oxygens (including phenoxy) is 1. The third kappa shape index (κ3) is 4.79. The number of aryl methyl sites for hydroxylation is 1. The van der Waals surface area contributed by atoms with Gasteiger partial charge in [0, 0.05) is 31.6 Å². The molecule has 2 aliphatic heterocycles. The van der Waals surface area contributed by atoms with Gasteiger partial charge in [-0.25, -0.2) is 0 Å². The van der Waals surface area contributed by atoms with E-state index in [9.17, 15) is 4.79 Å². The highest BCUT2D eigenvalue weighted by molar-refractivity contribution is 5.76. The van der Waals surface area contributed by atoms with Crippen LogP contribution in [0.3, 0.4) is 0 Å². The molecule has 2 saturated heterocycles. The Morgan fingerprint density at radius 2 is 2.09 bits per heavy atom. The summed E-state index contributed by atoms with van der Waals surface area (Å²) >= 11 is 0. The summed E-state index contributed by atoms with van der Waals surface area (Å²) in [6.45, 7) is 4.90. The molecular formula is C19H28N2O2. The van der Waals surface area contributed by atoms with Crippen molar-refractivity contribution in [1.82, 2.24) is 10.2 Å². The number of nitrogens with one attached hydrogen (secondary N) is 1. The van der Waals surface area contributed by atoms with Crippen molar-refractivity contribution in [3.63, 3.8) is 0 Å². The van der Waals surface area contributed by atoms with E-state index in [1.165, 1.54) is 5.56 Å². The zero-order valence-corrected chi connectivity index (χ0v) is 14.0. The number of fused-ring (bicyclic) bond motifs is 1. The number of amides is 1. The van der Waals surface area contributed by atoms with Crippen LogP contribution in [-0.4, -0.2) is 48.7 Å². The molecule has 2 fully saturated rings. The van der Waals surface area contributed by atoms with Crippen molar-refractivity contribution in [2.75, 3.05) is 19.7 Å². The molecule has 0 bridgehead atoms. The first-order valence-corrected chi connectivity index (χ1v) is 8.89. The highest BCUT2D eigenvalue weighted by Crippen LogP contribution is 2.23. The predicted octanol–water partition coefficient (Wildman–Crippen LogP) is 2.38. The number of morpholine rings is 1. The van der Waals surface area contributed by atoms with Crippen molar-refractivity contribution in [3.05, 3.63) is 35.9 Å². The van der Waals surface area contributed by atoms with Gasteiger partial charge in [-0.05, 0) is 38.2 Å². The van der Waals surface area contributed by atoms with Crippen LogP contribution in [0.25, 0.3) is 0 Å². The Morgan fingerprint density at radius 1 is 1.26 bits per heavy atom. The SMILES string of the molecule is C[C@H]1CN2C[C@@H](NC(=O)CCCCc3ccccc3)C[C@H]2CO1. The average Bonchev–Trinajstić information content (AvgIpc) is 2.94. The Bertz CT molecular complexity index is 505. The van der Waals surface area contributed by atoms with Crippen molar-refractivity contribution in [1.29, 1.82) is 0 Å². The summed E-state index contributed by atoms with van der Waals surface area (Å²) in [6, 6.07) is 11.3. The van der Waals surface area contributed by atoms with Gasteiger partial charge in [0.15, 0.2) is 0 Å². The molecule has 0 spiro atoms. The zero-order valence-electron chi connectivity index (χ0n) is 14.0. The molecule has 1 aromatic carbocycles. The third-order valence-corrected chi connectivity index (χ3v) is 4.92. The molecule has 0 aliphatic carbocycles. The van der Waals surface area contributed by atoms with Gasteiger partial charge < -0.3 is 10.1 Å². The average molecular weight is 316 g/mol. The molecule has 1 amide bonds. The quantitative estimate of drug-likeness (QED) is 0.819. The molecule has 3 rings (SSSR count). The minimum Gasteiger partial charge on any atom is -0.376 e. The van der Waals surface area contributed by atoms with Crippen LogP contribution in [0.5, 0.6) is 0 Å². The maximum Gasteiger partial charge on any atom is 0.220 e. The fourth-order valence-corrected chi connectivity index (χ4v) is 3.70. The van der Waals surface area contributed by atoms with E-state index in [-0.39, 0.29) is 5.91 Å². The monoisotopic (exact) mass is 316 g/mol. The van der Waals surface area contributed by atoms with Gasteiger partial charge in [0.05, 0.1) is 12.7 Å². The standard InChI is InChI=1S/C19H28N2O2/c1-15-12-21-13-17(11-18(21)14-23-15)20-19(22)10-6-5-9-16-7-3-2-4-8-16/h2-4,7-8,15,17-18H,5-6,9-14H2,1H3,(H,20,22)/t15-,17-,18-/m0/s1. The van der Waals surface area contributed by atoms with Crippen molar-refractivity contribution in [2.24, 2.45) is 0 Å². The Hall–Kier alpha value is -1.39. The molecule has 0 unspecified atom stereocenters. The predicted molar refractivity (Wildman–Crippen MR) is 91.3 cm³/mol. The van der Waals surface area contributed by atoms with Gasteiger partial charge in [-0.3, -0.25) is 9.69 Å². The van der Waals surface area contributed by atoms with Crippen LogP contribution >= 0.6 is 0 Å². The molecule has 4 heteroatoms. The summed E-state index contributed by atoms with van der Waals surface area (Å²) in [5, 5.41) is 3.21. The number of benzene rings is 1. The van der Waals surface area contributed by atoms with E-state index in [0.29, 0.717) is 24.6 Å². The number of rotatable bonds is 6. The Labute approximate surface area is 139 Å². The Balaban J connectivity index is 1.32. The number of hydrogen-bond acceptors (Lipinski definition) is 3. The molecule has 126 valence electrons. The van der Waals surface area contributed by atoms with Gasteiger partial charge in [-0.2, -0.15) is 0 Å². The zero-order chi connectivity index (χ0) is 16.1. The number of nitrogens with zero attached hydrogens (tertiary/aromatic N) is 1. The molecule has 2 aliphatic rings. The number of carbonyl (C=O) groups excluding carboxylic acids is 1. The first kappa shape index (κ1) is 16.5. The molecule has 0 saturated carbocycles. The number of hydrogen-bond donors (Lipinski definition) is 1. The second-order valence-electron chi connectivity index (χ2n) is 6.94. The molecular weight excluding hydrogens is 288 g/mol. The summed E-state index contributed by atoms with van der Waals surface area (Å²) in [7, 11) is 0. The van der Waals surface area contributed by atoms with Gasteiger partial charge in [-0.1, -0.05) is 30.3 Å². The molecule has 4 nitrogen and oxygen atoms in total. The molecule has 0 aromatic heterocycles. The summed E-state index contributed by atoms with van der Waals surface area (Å²) in [5.41, 5.74) is 1.36. The molecule has 0 radical (unpaired) electrons. The lowest BCUT2D eigenvalue weighted by Crippen LogP contribution is -2.45. The van der Waals surface area contributed by atoms with Crippen LogP contribution in [0, 0.1) is 0 Å². The van der Waals surface area contributed by atoms with Crippen LogP contribution in [0.15, 0.2) is 30.3 Å². The summed E-state index contributed by atoms with van der Waals surface area (Å²) in [5.74, 6) is 0.205. The van der Waals surface area contributed by atoms with Crippen molar-refractivity contribution >= 4 is 5.91 Å². The van der Waals surface area contributed by atoms with E-state index >= 15 is 0 Å². The van der Waals surface area contributed by atoms with E-state index in [1.807, 2.05) is 6.07 Å². The van der Waals surface area contributed by atoms with Crippen LogP contribution < -0.4 is 5.32 Å². The van der Waals surface area contributed by atoms with E-state index in [1.54, 1.807) is 0 Å². The maximum absolute atomic E-state index is 12.1. The summed E-state index contributed by atoms with van der Waals surface area (Å²) in [6.07, 6.45) is 5.08. The maximum atomic E-state index is 12.1. The van der Waals surface area contributed by atoms with Crippen molar-refractivity contribution in [2.45, 2.75) is 57.2 Å². The lowest BCUT2D eigenvalue weighted by atomic mass is 10.1. The van der Waals surface area contributed by atoms with Gasteiger partial charge in [0.1, 0.15) is 0 Å². The smallest absolute Gasteiger partial charge is 0.220 e. The first-order chi connectivity index (χ1) is 11.2. The first-order valence-electron chi connectivity index (χ1n) is 8.89. The van der Waals surface area contributed by atoms with Crippen LogP contribution in [0.4, 0.5) is 0 Å². The minimum atomic E-state index is 0.205. The van der Waals surface area contributed by atoms with Gasteiger partial charge in [-0.15, -0.1) is 0 Å². The van der Waals surface area contributed by atoms with E-state index in [4.69, 9.17) is 4.74 Å². The Morgan fingerprint density at radius 3 is 2.91 bits per heavy atom. The fourth-order valence-electron chi connectivity index (χ4n) is 3.70. The molecule has 23 heavy (non-hydrogen) atoms. The number of carbonyl (C=O) groups is 1. The van der Waals surface area contributed by atoms with E-state index in [0.717, 1.165) is 45.4 Å². The highest BCUT2D eigenvalue weighted by Gasteiger charge is 2.36. The fraction of sp³-hybridized carbons (Fsp3) is 0.632. The van der Waals surface area contributed by atoms with Crippen molar-refractivity contribution < 1.29 is 9.53 Å². The van der Waals surface area contributed by atoms with E-state index < -0.39 is 0 Å². The normalized spacial score (nSPS) is 27.6. The number of unbranched alkanes of at least 4 members (excludes halogenated alkanes) is 1. The topological polar surface area (TPSA) is 41.6 Å². The summed E-state index contributed by atoms with van der Waals surface area (Å²) < 4.78 is 5.71. The largest absolute Gasteiger partial charge is 0.376 e. The second kappa shape index (κ2) is 7.93. The van der Waals surface area contributed by atoms with Crippen molar-refractivity contribution in [3.8, 4) is 0 Å². The molecule has 1 N–H and O–H groups in total. The van der Waals surface area contributed by atoms with E-state index in [2.05, 4.69) is 41.4 Å². The van der Waals surface area contributed by atoms with Crippen LogP contribution in [0.1, 0.15) is 38.2 Å². The van der Waals surface area contributed by atoms with Gasteiger partial charge in [0.25, 0.3) is 0 Å². The third-order valence-electron chi connectivity index (χ3n) is 4.92. The highest BCUT2D eigenvalue weighted by atomic mass is 16.5. The molecule has 2 heterocycles. The lowest BCUT2D eigenvalue weighted by Gasteiger charge is -2.33.